The van der Waals surface area contributed by atoms with Crippen LogP contribution in [0.3, 0.4) is 0 Å². The van der Waals surface area contributed by atoms with Crippen LogP contribution in [0, 0.1) is 11.8 Å². The standard InChI is InChI=1S/C11H18OSi/c1-8(2)7-13-12-11-9-3-4-10(11)6-5-9/h3-4,7,9-11H,5-6,13H2,1-2H3. The van der Waals surface area contributed by atoms with Crippen LogP contribution in [0.15, 0.2) is 23.4 Å². The van der Waals surface area contributed by atoms with E-state index >= 15 is 0 Å². The molecule has 0 aromatic heterocycles. The summed E-state index contributed by atoms with van der Waals surface area (Å²) in [6, 6.07) is 0. The summed E-state index contributed by atoms with van der Waals surface area (Å²) in [5.41, 5.74) is 3.71. The van der Waals surface area contributed by atoms with E-state index < -0.39 is 9.76 Å². The molecule has 0 N–H and O–H groups in total. The Balaban J connectivity index is 1.81. The summed E-state index contributed by atoms with van der Waals surface area (Å²) in [7, 11) is -0.391. The molecule has 2 atom stereocenters. The van der Waals surface area contributed by atoms with Crippen LogP contribution in [-0.4, -0.2) is 15.9 Å². The molecule has 0 spiro atoms. The van der Waals surface area contributed by atoms with Crippen molar-refractivity contribution < 1.29 is 4.43 Å². The average molecular weight is 194 g/mol. The molecule has 1 saturated carbocycles. The lowest BCUT2D eigenvalue weighted by Gasteiger charge is -2.16. The highest BCUT2D eigenvalue weighted by Gasteiger charge is 2.37. The lowest BCUT2D eigenvalue weighted by molar-refractivity contribution is 0.175. The van der Waals surface area contributed by atoms with Crippen LogP contribution >= 0.6 is 0 Å². The molecule has 1 fully saturated rings. The molecule has 1 nitrogen and oxygen atoms in total. The zero-order valence-corrected chi connectivity index (χ0v) is 9.91. The summed E-state index contributed by atoms with van der Waals surface area (Å²) in [5.74, 6) is 1.51. The molecule has 0 amide bonds. The SMILES string of the molecule is CC(C)=C[SiH2]OC1C2C=CC1CC2. The Labute approximate surface area is 82.8 Å². The summed E-state index contributed by atoms with van der Waals surface area (Å²) in [6.45, 7) is 4.30. The average Bonchev–Trinajstić information content (AvgIpc) is 2.64. The van der Waals surface area contributed by atoms with Crippen molar-refractivity contribution in [1.82, 2.24) is 0 Å². The van der Waals surface area contributed by atoms with Gasteiger partial charge in [0.05, 0.1) is 6.10 Å². The third-order valence-corrected chi connectivity index (χ3v) is 4.62. The first-order valence-electron chi connectivity index (χ1n) is 5.20. The molecule has 0 aliphatic heterocycles. The van der Waals surface area contributed by atoms with Crippen LogP contribution in [0.1, 0.15) is 26.7 Å². The molecular formula is C11H18OSi. The van der Waals surface area contributed by atoms with Crippen LogP contribution in [-0.2, 0) is 4.43 Å². The third kappa shape index (κ3) is 1.94. The fourth-order valence-electron chi connectivity index (χ4n) is 2.30. The fraction of sp³-hybridized carbons (Fsp3) is 0.636. The monoisotopic (exact) mass is 194 g/mol. The van der Waals surface area contributed by atoms with Crippen molar-refractivity contribution in [3.05, 3.63) is 23.4 Å². The largest absolute Gasteiger partial charge is 0.415 e. The van der Waals surface area contributed by atoms with Crippen molar-refractivity contribution in [2.45, 2.75) is 32.8 Å². The summed E-state index contributed by atoms with van der Waals surface area (Å²) in [6.07, 6.45) is 7.98. The van der Waals surface area contributed by atoms with Gasteiger partial charge in [-0.15, -0.1) is 0 Å². The van der Waals surface area contributed by atoms with Crippen LogP contribution in [0.5, 0.6) is 0 Å². The van der Waals surface area contributed by atoms with Gasteiger partial charge in [0.25, 0.3) is 0 Å². The third-order valence-electron chi connectivity index (χ3n) is 3.06. The Morgan fingerprint density at radius 2 is 1.92 bits per heavy atom. The maximum absolute atomic E-state index is 6.00. The highest BCUT2D eigenvalue weighted by atomic mass is 28.2. The van der Waals surface area contributed by atoms with Gasteiger partial charge in [0.2, 0.25) is 0 Å². The predicted molar refractivity (Wildman–Crippen MR) is 58.2 cm³/mol. The van der Waals surface area contributed by atoms with Gasteiger partial charge in [0, 0.05) is 11.8 Å². The number of rotatable bonds is 3. The highest BCUT2D eigenvalue weighted by molar-refractivity contribution is 6.34. The molecule has 2 aliphatic carbocycles. The van der Waals surface area contributed by atoms with Gasteiger partial charge in [-0.2, -0.15) is 0 Å². The molecule has 0 saturated heterocycles. The maximum atomic E-state index is 6.00. The van der Waals surface area contributed by atoms with Gasteiger partial charge in [0.1, 0.15) is 0 Å². The van der Waals surface area contributed by atoms with Gasteiger partial charge in [-0.3, -0.25) is 0 Å². The number of hydrogen-bond acceptors (Lipinski definition) is 1. The molecular weight excluding hydrogens is 176 g/mol. The first-order valence-corrected chi connectivity index (χ1v) is 6.60. The van der Waals surface area contributed by atoms with Crippen LogP contribution in [0.2, 0.25) is 0 Å². The number of allylic oxidation sites excluding steroid dienone is 1. The minimum atomic E-state index is -0.391. The van der Waals surface area contributed by atoms with Gasteiger partial charge >= 0.3 is 0 Å². The minimum absolute atomic E-state index is 0.391. The smallest absolute Gasteiger partial charge is 0.185 e. The zero-order valence-electron chi connectivity index (χ0n) is 8.49. The van der Waals surface area contributed by atoms with Crippen molar-refractivity contribution in [3.8, 4) is 0 Å². The summed E-state index contributed by atoms with van der Waals surface area (Å²) >= 11 is 0. The fourth-order valence-corrected chi connectivity index (χ4v) is 3.45. The lowest BCUT2D eigenvalue weighted by Crippen LogP contribution is -2.20. The van der Waals surface area contributed by atoms with Crippen molar-refractivity contribution >= 4 is 9.76 Å². The second-order valence-corrected chi connectivity index (χ2v) is 5.44. The van der Waals surface area contributed by atoms with E-state index in [4.69, 9.17) is 4.43 Å². The molecule has 0 aromatic rings. The van der Waals surface area contributed by atoms with Crippen molar-refractivity contribution in [3.63, 3.8) is 0 Å². The summed E-state index contributed by atoms with van der Waals surface area (Å²) < 4.78 is 6.00. The Bertz CT molecular complexity index is 226. The molecule has 0 radical (unpaired) electrons. The Morgan fingerprint density at radius 3 is 2.38 bits per heavy atom. The zero-order chi connectivity index (χ0) is 9.26. The van der Waals surface area contributed by atoms with E-state index in [1.54, 1.807) is 0 Å². The topological polar surface area (TPSA) is 9.23 Å². The second kappa shape index (κ2) is 3.80. The molecule has 72 valence electrons. The van der Waals surface area contributed by atoms with Gasteiger partial charge in [-0.1, -0.05) is 23.4 Å². The molecule has 2 unspecified atom stereocenters. The van der Waals surface area contributed by atoms with Crippen LogP contribution in [0.25, 0.3) is 0 Å². The van der Waals surface area contributed by atoms with E-state index in [0.29, 0.717) is 6.10 Å². The van der Waals surface area contributed by atoms with Gasteiger partial charge in [0.15, 0.2) is 9.76 Å². The van der Waals surface area contributed by atoms with Gasteiger partial charge in [-0.25, -0.2) is 0 Å². The molecule has 2 rings (SSSR count). The molecule has 2 heteroatoms. The second-order valence-electron chi connectivity index (χ2n) is 4.37. The summed E-state index contributed by atoms with van der Waals surface area (Å²) in [5, 5.41) is 0. The minimum Gasteiger partial charge on any atom is -0.415 e. The highest BCUT2D eigenvalue weighted by Crippen LogP contribution is 2.40. The van der Waals surface area contributed by atoms with Crippen molar-refractivity contribution in [2.24, 2.45) is 11.8 Å². The van der Waals surface area contributed by atoms with Gasteiger partial charge < -0.3 is 4.43 Å². The van der Waals surface area contributed by atoms with Crippen molar-refractivity contribution in [2.75, 3.05) is 0 Å². The predicted octanol–water partition coefficient (Wildman–Crippen LogP) is 1.98. The van der Waals surface area contributed by atoms with E-state index in [9.17, 15) is 0 Å². The van der Waals surface area contributed by atoms with E-state index in [2.05, 4.69) is 31.7 Å². The molecule has 2 bridgehead atoms. The molecule has 0 aromatic carbocycles. The van der Waals surface area contributed by atoms with E-state index in [0.717, 1.165) is 11.8 Å². The molecule has 2 aliphatic rings. The van der Waals surface area contributed by atoms with Gasteiger partial charge in [-0.05, 0) is 26.7 Å². The molecule has 13 heavy (non-hydrogen) atoms. The maximum Gasteiger partial charge on any atom is 0.185 e. The van der Waals surface area contributed by atoms with E-state index in [1.165, 1.54) is 18.4 Å². The number of hydrogen-bond donors (Lipinski definition) is 0. The first kappa shape index (κ1) is 9.22. The number of fused-ring (bicyclic) bond motifs is 2. The van der Waals surface area contributed by atoms with Crippen molar-refractivity contribution in [1.29, 1.82) is 0 Å². The quantitative estimate of drug-likeness (QED) is 0.493. The Morgan fingerprint density at radius 1 is 1.31 bits per heavy atom. The Hall–Kier alpha value is -0.343. The lowest BCUT2D eigenvalue weighted by atomic mass is 10.1. The Kier molecular flexibility index (Phi) is 2.70. The molecule has 0 heterocycles. The normalized spacial score (nSPS) is 36.3. The van der Waals surface area contributed by atoms with E-state index in [1.807, 2.05) is 0 Å². The van der Waals surface area contributed by atoms with Crippen LogP contribution < -0.4 is 0 Å². The summed E-state index contributed by atoms with van der Waals surface area (Å²) in [4.78, 5) is 0. The van der Waals surface area contributed by atoms with E-state index in [-0.39, 0.29) is 0 Å². The first-order chi connectivity index (χ1) is 6.27. The van der Waals surface area contributed by atoms with Crippen LogP contribution in [0.4, 0.5) is 0 Å².